The van der Waals surface area contributed by atoms with Gasteiger partial charge in [0.15, 0.2) is 0 Å². The number of rotatable bonds is 5. The summed E-state index contributed by atoms with van der Waals surface area (Å²) in [5.41, 5.74) is 4.98. The van der Waals surface area contributed by atoms with Crippen LogP contribution in [0.25, 0.3) is 22.6 Å². The maximum Gasteiger partial charge on any atom is 0.258 e. The van der Waals surface area contributed by atoms with Crippen molar-refractivity contribution >= 4 is 44.2 Å². The van der Waals surface area contributed by atoms with Crippen LogP contribution in [0.5, 0.6) is 0 Å². The Bertz CT molecular complexity index is 1630. The Kier molecular flexibility index (Phi) is 5.95. The number of anilines is 1. The molecule has 2 aliphatic rings. The summed E-state index contributed by atoms with van der Waals surface area (Å²) in [5, 5.41) is 1.03. The standard InChI is InChI=1S/C29H27N3O4S/c1-30-27-12-11-23(37(34,35)32-13-15-36-16-14-32)18-25(27)26(29(30)33)17-22-20-31(19-21-7-3-2-4-8-21)28-10-6-5-9-24(22)28/h2-12,17-18,20H,13-16,19H2,1H3/b26-17-. The number of sulfonamides is 1. The van der Waals surface area contributed by atoms with Crippen LogP contribution < -0.4 is 4.90 Å². The molecule has 0 saturated carbocycles. The summed E-state index contributed by atoms with van der Waals surface area (Å²) in [4.78, 5) is 15.1. The molecular weight excluding hydrogens is 486 g/mol. The lowest BCUT2D eigenvalue weighted by atomic mass is 10.0. The Labute approximate surface area is 216 Å². The minimum Gasteiger partial charge on any atom is -0.379 e. The van der Waals surface area contributed by atoms with Crippen molar-refractivity contribution in [3.8, 4) is 0 Å². The first kappa shape index (κ1) is 23.7. The van der Waals surface area contributed by atoms with Crippen LogP contribution in [-0.2, 0) is 26.1 Å². The van der Waals surface area contributed by atoms with Gasteiger partial charge in [0.25, 0.3) is 5.91 Å². The Hall–Kier alpha value is -3.72. The maximum absolute atomic E-state index is 13.3. The first-order valence-electron chi connectivity index (χ1n) is 12.3. The second kappa shape index (κ2) is 9.30. The quantitative estimate of drug-likeness (QED) is 0.375. The average molecular weight is 514 g/mol. The molecule has 1 aromatic heterocycles. The number of morpholine rings is 1. The molecule has 37 heavy (non-hydrogen) atoms. The zero-order chi connectivity index (χ0) is 25.6. The number of carbonyl (C=O) groups is 1. The van der Waals surface area contributed by atoms with E-state index in [0.717, 1.165) is 16.5 Å². The van der Waals surface area contributed by atoms with Gasteiger partial charge < -0.3 is 14.2 Å². The third-order valence-electron chi connectivity index (χ3n) is 7.08. The molecule has 3 heterocycles. The molecule has 6 rings (SSSR count). The van der Waals surface area contributed by atoms with Gasteiger partial charge >= 0.3 is 0 Å². The molecule has 0 aliphatic carbocycles. The van der Waals surface area contributed by atoms with Gasteiger partial charge in [0.1, 0.15) is 0 Å². The topological polar surface area (TPSA) is 71.9 Å². The van der Waals surface area contributed by atoms with Gasteiger partial charge in [-0.1, -0.05) is 48.5 Å². The van der Waals surface area contributed by atoms with Crippen molar-refractivity contribution < 1.29 is 17.9 Å². The van der Waals surface area contributed by atoms with E-state index in [4.69, 9.17) is 4.74 Å². The van der Waals surface area contributed by atoms with Gasteiger partial charge in [0.05, 0.1) is 23.8 Å². The summed E-state index contributed by atoms with van der Waals surface area (Å²) < 4.78 is 35.6. The van der Waals surface area contributed by atoms with E-state index >= 15 is 0 Å². The van der Waals surface area contributed by atoms with Gasteiger partial charge in [-0.2, -0.15) is 4.31 Å². The Balaban J connectivity index is 1.44. The van der Waals surface area contributed by atoms with Crippen LogP contribution in [0, 0.1) is 0 Å². The summed E-state index contributed by atoms with van der Waals surface area (Å²) in [6, 6.07) is 23.3. The number of likely N-dealkylation sites (N-methyl/N-ethyl adjacent to an activating group) is 1. The van der Waals surface area contributed by atoms with Crippen LogP contribution >= 0.6 is 0 Å². The molecule has 8 heteroatoms. The second-order valence-corrected chi connectivity index (χ2v) is 11.3. The van der Waals surface area contributed by atoms with Crippen molar-refractivity contribution in [2.24, 2.45) is 0 Å². The lowest BCUT2D eigenvalue weighted by Gasteiger charge is -2.26. The minimum absolute atomic E-state index is 0.157. The maximum atomic E-state index is 13.3. The summed E-state index contributed by atoms with van der Waals surface area (Å²) in [6.07, 6.45) is 3.95. The number of benzene rings is 3. The molecule has 1 fully saturated rings. The predicted molar refractivity (Wildman–Crippen MR) is 145 cm³/mol. The molecular formula is C29H27N3O4S. The lowest BCUT2D eigenvalue weighted by Crippen LogP contribution is -2.40. The van der Waals surface area contributed by atoms with E-state index in [9.17, 15) is 13.2 Å². The van der Waals surface area contributed by atoms with Gasteiger partial charge in [0.2, 0.25) is 10.0 Å². The van der Waals surface area contributed by atoms with Crippen molar-refractivity contribution in [3.05, 3.63) is 95.7 Å². The summed E-state index contributed by atoms with van der Waals surface area (Å²) in [7, 11) is -1.97. The van der Waals surface area contributed by atoms with Gasteiger partial charge in [-0.25, -0.2) is 8.42 Å². The third-order valence-corrected chi connectivity index (χ3v) is 8.97. The molecule has 1 amide bonds. The number of carbonyl (C=O) groups excluding carboxylic acids is 1. The van der Waals surface area contributed by atoms with E-state index in [1.807, 2.05) is 42.5 Å². The summed E-state index contributed by atoms with van der Waals surface area (Å²) >= 11 is 0. The van der Waals surface area contributed by atoms with Crippen LogP contribution in [0.4, 0.5) is 5.69 Å². The van der Waals surface area contributed by atoms with E-state index in [2.05, 4.69) is 29.0 Å². The molecule has 0 unspecified atom stereocenters. The van der Waals surface area contributed by atoms with E-state index in [0.29, 0.717) is 49.7 Å². The molecule has 0 bridgehead atoms. The number of hydrogen-bond donors (Lipinski definition) is 0. The first-order chi connectivity index (χ1) is 17.9. The lowest BCUT2D eigenvalue weighted by molar-refractivity contribution is -0.112. The zero-order valence-electron chi connectivity index (χ0n) is 20.5. The highest BCUT2D eigenvalue weighted by Crippen LogP contribution is 2.39. The number of fused-ring (bicyclic) bond motifs is 2. The van der Waals surface area contributed by atoms with Crippen molar-refractivity contribution in [2.75, 3.05) is 38.3 Å². The van der Waals surface area contributed by atoms with Gasteiger partial charge in [0, 0.05) is 60.5 Å². The van der Waals surface area contributed by atoms with Crippen molar-refractivity contribution in [1.29, 1.82) is 0 Å². The van der Waals surface area contributed by atoms with Gasteiger partial charge in [-0.05, 0) is 35.9 Å². The predicted octanol–water partition coefficient (Wildman–Crippen LogP) is 4.23. The number of ether oxygens (including phenoxy) is 1. The Morgan fingerprint density at radius 2 is 1.68 bits per heavy atom. The van der Waals surface area contributed by atoms with E-state index in [-0.39, 0.29) is 10.8 Å². The fourth-order valence-corrected chi connectivity index (χ4v) is 6.56. The molecule has 0 radical (unpaired) electrons. The number of amides is 1. The molecule has 188 valence electrons. The Morgan fingerprint density at radius 1 is 0.946 bits per heavy atom. The number of hydrogen-bond acceptors (Lipinski definition) is 4. The first-order valence-corrected chi connectivity index (χ1v) is 13.7. The molecule has 2 aliphatic heterocycles. The van der Waals surface area contributed by atoms with Crippen LogP contribution in [-0.4, -0.2) is 56.5 Å². The molecule has 7 nitrogen and oxygen atoms in total. The third kappa shape index (κ3) is 4.17. The smallest absolute Gasteiger partial charge is 0.258 e. The fourth-order valence-electron chi connectivity index (χ4n) is 5.12. The van der Waals surface area contributed by atoms with Crippen LogP contribution in [0.2, 0.25) is 0 Å². The van der Waals surface area contributed by atoms with Gasteiger partial charge in [-0.15, -0.1) is 0 Å². The highest BCUT2D eigenvalue weighted by Gasteiger charge is 2.33. The SMILES string of the molecule is CN1C(=O)/C(=C\c2cn(Cc3ccccc3)c3ccccc23)c2cc(S(=O)(=O)N3CCOCC3)ccc21. The molecule has 4 aromatic rings. The van der Waals surface area contributed by atoms with E-state index < -0.39 is 10.0 Å². The van der Waals surface area contributed by atoms with Crippen molar-refractivity contribution in [1.82, 2.24) is 8.87 Å². The summed E-state index contributed by atoms with van der Waals surface area (Å²) in [5.74, 6) is -0.157. The zero-order valence-corrected chi connectivity index (χ0v) is 21.3. The average Bonchev–Trinajstić information content (AvgIpc) is 3.39. The molecule has 0 N–H and O–H groups in total. The van der Waals surface area contributed by atoms with Crippen LogP contribution in [0.1, 0.15) is 16.7 Å². The Morgan fingerprint density at radius 3 is 2.46 bits per heavy atom. The largest absolute Gasteiger partial charge is 0.379 e. The molecule has 3 aromatic carbocycles. The molecule has 1 saturated heterocycles. The fraction of sp³-hybridized carbons (Fsp3) is 0.207. The van der Waals surface area contributed by atoms with E-state index in [1.165, 1.54) is 9.87 Å². The number of nitrogens with zero attached hydrogens (tertiary/aromatic N) is 3. The molecule has 0 atom stereocenters. The van der Waals surface area contributed by atoms with Crippen molar-refractivity contribution in [2.45, 2.75) is 11.4 Å². The van der Waals surface area contributed by atoms with E-state index in [1.54, 1.807) is 30.1 Å². The van der Waals surface area contributed by atoms with Crippen LogP contribution in [0.3, 0.4) is 0 Å². The minimum atomic E-state index is -3.69. The second-order valence-electron chi connectivity index (χ2n) is 9.33. The summed E-state index contributed by atoms with van der Waals surface area (Å²) in [6.45, 7) is 2.10. The monoisotopic (exact) mass is 513 g/mol. The molecule has 0 spiro atoms. The highest BCUT2D eigenvalue weighted by atomic mass is 32.2. The van der Waals surface area contributed by atoms with Gasteiger partial charge in [-0.3, -0.25) is 4.79 Å². The number of para-hydroxylation sites is 1. The van der Waals surface area contributed by atoms with Crippen LogP contribution in [0.15, 0.2) is 83.9 Å². The highest BCUT2D eigenvalue weighted by molar-refractivity contribution is 7.89. The normalized spacial score (nSPS) is 17.6. The number of aromatic nitrogens is 1. The van der Waals surface area contributed by atoms with Crippen molar-refractivity contribution in [3.63, 3.8) is 0 Å².